The van der Waals surface area contributed by atoms with Crippen molar-refractivity contribution in [1.82, 2.24) is 5.32 Å². The average Bonchev–Trinajstić information content (AvgIpc) is 2.96. The number of nitrogens with one attached hydrogen (secondary N) is 1. The van der Waals surface area contributed by atoms with Crippen LogP contribution in [0.15, 0.2) is 48.5 Å². The molecule has 0 saturated carbocycles. The van der Waals surface area contributed by atoms with Gasteiger partial charge in [0.25, 0.3) is 5.91 Å². The summed E-state index contributed by atoms with van der Waals surface area (Å²) in [5.41, 5.74) is 2.53. The van der Waals surface area contributed by atoms with Crippen LogP contribution in [0.4, 0.5) is 5.69 Å². The monoisotopic (exact) mass is 338 g/mol. The molecule has 5 nitrogen and oxygen atoms in total. The van der Waals surface area contributed by atoms with Crippen molar-refractivity contribution in [3.8, 4) is 5.75 Å². The summed E-state index contributed by atoms with van der Waals surface area (Å²) in [4.78, 5) is 26.3. The maximum Gasteiger partial charge on any atom is 0.251 e. The summed E-state index contributed by atoms with van der Waals surface area (Å²) in [6.07, 6.45) is 0.310. The van der Waals surface area contributed by atoms with Crippen LogP contribution in [0.2, 0.25) is 0 Å². The van der Waals surface area contributed by atoms with E-state index in [9.17, 15) is 9.59 Å². The third kappa shape index (κ3) is 3.99. The summed E-state index contributed by atoms with van der Waals surface area (Å²) < 4.78 is 5.42. The lowest BCUT2D eigenvalue weighted by Gasteiger charge is -2.17. The average molecular weight is 338 g/mol. The molecule has 0 unspecified atom stereocenters. The number of aryl methyl sites for hydroxylation is 1. The van der Waals surface area contributed by atoms with Gasteiger partial charge in [-0.15, -0.1) is 0 Å². The molecule has 25 heavy (non-hydrogen) atoms. The van der Waals surface area contributed by atoms with Gasteiger partial charge in [-0.2, -0.15) is 0 Å². The molecule has 1 N–H and O–H groups in total. The van der Waals surface area contributed by atoms with E-state index in [1.807, 2.05) is 50.2 Å². The minimum absolute atomic E-state index is 0.0124. The number of ether oxygens (including phenoxy) is 1. The third-order valence-electron chi connectivity index (χ3n) is 4.23. The molecule has 1 atom stereocenters. The minimum atomic E-state index is -0.187. The topological polar surface area (TPSA) is 58.6 Å². The van der Waals surface area contributed by atoms with Crippen LogP contribution in [0.3, 0.4) is 0 Å². The predicted octanol–water partition coefficient (Wildman–Crippen LogP) is 2.93. The highest BCUT2D eigenvalue weighted by Crippen LogP contribution is 2.24. The fourth-order valence-corrected chi connectivity index (χ4v) is 2.92. The van der Waals surface area contributed by atoms with Gasteiger partial charge in [0.05, 0.1) is 12.6 Å². The zero-order chi connectivity index (χ0) is 17.8. The zero-order valence-corrected chi connectivity index (χ0v) is 14.5. The second-order valence-electron chi connectivity index (χ2n) is 6.17. The first-order valence-corrected chi connectivity index (χ1v) is 8.47. The SMILES string of the molecule is CCOc1ccc(N2C[C@@H](NC(=O)c3ccc(C)cc3)CC2=O)cc1. The van der Waals surface area contributed by atoms with Crippen LogP contribution < -0.4 is 15.0 Å². The highest BCUT2D eigenvalue weighted by molar-refractivity contribution is 5.99. The first-order valence-electron chi connectivity index (χ1n) is 8.47. The Balaban J connectivity index is 1.63. The van der Waals surface area contributed by atoms with E-state index >= 15 is 0 Å². The van der Waals surface area contributed by atoms with E-state index in [2.05, 4.69) is 5.32 Å². The molecule has 2 aromatic carbocycles. The number of nitrogens with zero attached hydrogens (tertiary/aromatic N) is 1. The molecule has 0 spiro atoms. The Bertz CT molecular complexity index is 754. The summed E-state index contributed by atoms with van der Waals surface area (Å²) in [6.45, 7) is 4.99. The molecule has 130 valence electrons. The molecule has 1 saturated heterocycles. The molecule has 0 aliphatic carbocycles. The molecule has 1 aliphatic rings. The Kier molecular flexibility index (Phi) is 5.03. The summed E-state index contributed by atoms with van der Waals surface area (Å²) in [6, 6.07) is 14.7. The Morgan fingerprint density at radius 1 is 1.16 bits per heavy atom. The first kappa shape index (κ1) is 17.0. The lowest BCUT2D eigenvalue weighted by molar-refractivity contribution is -0.117. The Labute approximate surface area is 147 Å². The van der Waals surface area contributed by atoms with Gasteiger partial charge in [0, 0.05) is 24.2 Å². The van der Waals surface area contributed by atoms with Gasteiger partial charge in [-0.3, -0.25) is 9.59 Å². The lowest BCUT2D eigenvalue weighted by Crippen LogP contribution is -2.37. The van der Waals surface area contributed by atoms with Gasteiger partial charge in [-0.05, 0) is 50.2 Å². The van der Waals surface area contributed by atoms with Crippen LogP contribution in [-0.4, -0.2) is 31.0 Å². The van der Waals surface area contributed by atoms with E-state index in [4.69, 9.17) is 4.74 Å². The third-order valence-corrected chi connectivity index (χ3v) is 4.23. The molecule has 2 amide bonds. The van der Waals surface area contributed by atoms with Crippen molar-refractivity contribution in [3.05, 3.63) is 59.7 Å². The van der Waals surface area contributed by atoms with Gasteiger partial charge in [-0.1, -0.05) is 17.7 Å². The fraction of sp³-hybridized carbons (Fsp3) is 0.300. The van der Waals surface area contributed by atoms with E-state index in [0.717, 1.165) is 17.0 Å². The molecule has 0 bridgehead atoms. The second kappa shape index (κ2) is 7.38. The van der Waals surface area contributed by atoms with Crippen LogP contribution in [0.1, 0.15) is 29.3 Å². The maximum atomic E-state index is 12.3. The quantitative estimate of drug-likeness (QED) is 0.912. The molecule has 1 aliphatic heterocycles. The van der Waals surface area contributed by atoms with Crippen molar-refractivity contribution in [2.45, 2.75) is 26.3 Å². The molecular weight excluding hydrogens is 316 g/mol. The minimum Gasteiger partial charge on any atom is -0.494 e. The number of hydrogen-bond acceptors (Lipinski definition) is 3. The second-order valence-corrected chi connectivity index (χ2v) is 6.17. The standard InChI is InChI=1S/C20H22N2O3/c1-3-25-18-10-8-17(9-11-18)22-13-16(12-19(22)23)21-20(24)15-6-4-14(2)5-7-15/h4-11,16H,3,12-13H2,1-2H3,(H,21,24)/t16-/m0/s1. The number of benzene rings is 2. The van der Waals surface area contributed by atoms with Gasteiger partial charge in [0.2, 0.25) is 5.91 Å². The Hall–Kier alpha value is -2.82. The fourth-order valence-electron chi connectivity index (χ4n) is 2.92. The number of hydrogen-bond donors (Lipinski definition) is 1. The highest BCUT2D eigenvalue weighted by atomic mass is 16.5. The smallest absolute Gasteiger partial charge is 0.251 e. The van der Waals surface area contributed by atoms with Crippen molar-refractivity contribution < 1.29 is 14.3 Å². The van der Waals surface area contributed by atoms with Crippen molar-refractivity contribution in [3.63, 3.8) is 0 Å². The zero-order valence-electron chi connectivity index (χ0n) is 14.5. The van der Waals surface area contributed by atoms with Gasteiger partial charge in [0.1, 0.15) is 5.75 Å². The number of carbonyl (C=O) groups excluding carboxylic acids is 2. The van der Waals surface area contributed by atoms with Crippen LogP contribution >= 0.6 is 0 Å². The van der Waals surface area contributed by atoms with Crippen LogP contribution in [0.25, 0.3) is 0 Å². The van der Waals surface area contributed by atoms with Crippen molar-refractivity contribution in [1.29, 1.82) is 0 Å². The van der Waals surface area contributed by atoms with Crippen molar-refractivity contribution in [2.75, 3.05) is 18.1 Å². The molecule has 3 rings (SSSR count). The van der Waals surface area contributed by atoms with Crippen LogP contribution in [0, 0.1) is 6.92 Å². The maximum absolute atomic E-state index is 12.3. The largest absolute Gasteiger partial charge is 0.494 e. The van der Waals surface area contributed by atoms with Crippen molar-refractivity contribution >= 4 is 17.5 Å². The van der Waals surface area contributed by atoms with Gasteiger partial charge >= 0.3 is 0 Å². The van der Waals surface area contributed by atoms with Gasteiger partial charge in [-0.25, -0.2) is 0 Å². The molecular formula is C20H22N2O3. The summed E-state index contributed by atoms with van der Waals surface area (Å²) in [7, 11) is 0. The molecule has 1 heterocycles. The van der Waals surface area contributed by atoms with Crippen LogP contribution in [-0.2, 0) is 4.79 Å². The summed E-state index contributed by atoms with van der Waals surface area (Å²) >= 11 is 0. The molecule has 5 heteroatoms. The normalized spacial score (nSPS) is 16.8. The van der Waals surface area contributed by atoms with Crippen LogP contribution in [0.5, 0.6) is 5.75 Å². The number of rotatable bonds is 5. The number of amides is 2. The summed E-state index contributed by atoms with van der Waals surface area (Å²) in [5, 5.41) is 2.95. The highest BCUT2D eigenvalue weighted by Gasteiger charge is 2.31. The predicted molar refractivity (Wildman–Crippen MR) is 97.0 cm³/mol. The van der Waals surface area contributed by atoms with Gasteiger partial charge < -0.3 is 15.0 Å². The van der Waals surface area contributed by atoms with Crippen molar-refractivity contribution in [2.24, 2.45) is 0 Å². The lowest BCUT2D eigenvalue weighted by atomic mass is 10.1. The number of anilines is 1. The molecule has 2 aromatic rings. The molecule has 0 aromatic heterocycles. The van der Waals surface area contributed by atoms with E-state index in [1.165, 1.54) is 0 Å². The van der Waals surface area contributed by atoms with E-state index in [0.29, 0.717) is 25.1 Å². The Morgan fingerprint density at radius 2 is 1.84 bits per heavy atom. The van der Waals surface area contributed by atoms with E-state index in [1.54, 1.807) is 17.0 Å². The first-order chi connectivity index (χ1) is 12.1. The molecule has 0 radical (unpaired) electrons. The number of carbonyl (C=O) groups is 2. The van der Waals surface area contributed by atoms with E-state index in [-0.39, 0.29) is 17.9 Å². The summed E-state index contributed by atoms with van der Waals surface area (Å²) in [5.74, 6) is 0.645. The molecule has 1 fully saturated rings. The van der Waals surface area contributed by atoms with Gasteiger partial charge in [0.15, 0.2) is 0 Å². The Morgan fingerprint density at radius 3 is 2.48 bits per heavy atom. The van der Waals surface area contributed by atoms with E-state index < -0.39 is 0 Å².